The lowest BCUT2D eigenvalue weighted by Crippen LogP contribution is -2.10. The van der Waals surface area contributed by atoms with Crippen LogP contribution in [0, 0.1) is 0 Å². The number of aliphatic carboxylic acids is 1. The van der Waals surface area contributed by atoms with Crippen LogP contribution in [0.5, 0.6) is 0 Å². The molecular formula is C5H5BrN2O2. The second-order valence-corrected chi connectivity index (χ2v) is 2.55. The molecule has 1 heterocycles. The molecule has 5 heteroatoms. The Balaban J connectivity index is 2.77. The van der Waals surface area contributed by atoms with Crippen LogP contribution in [0.3, 0.4) is 0 Å². The van der Waals surface area contributed by atoms with E-state index in [-0.39, 0.29) is 0 Å². The van der Waals surface area contributed by atoms with Crippen LogP contribution in [-0.4, -0.2) is 20.6 Å². The van der Waals surface area contributed by atoms with Gasteiger partial charge >= 0.3 is 5.97 Å². The maximum absolute atomic E-state index is 10.3. The van der Waals surface area contributed by atoms with Crippen LogP contribution in [0.2, 0.25) is 0 Å². The van der Waals surface area contributed by atoms with Crippen molar-refractivity contribution in [1.82, 2.24) is 9.55 Å². The minimum atomic E-state index is -0.932. The summed E-state index contributed by atoms with van der Waals surface area (Å²) < 4.78 is 1.45. The van der Waals surface area contributed by atoms with Gasteiger partial charge in [0.05, 0.1) is 6.33 Å². The predicted octanol–water partition coefficient (Wildman–Crippen LogP) is 0.861. The summed E-state index contributed by atoms with van der Waals surface area (Å²) in [6, 6.07) is 0. The molecule has 1 rings (SSSR count). The first kappa shape index (κ1) is 7.27. The number of aromatic nitrogens is 2. The Morgan fingerprint density at radius 3 is 2.90 bits per heavy atom. The molecule has 1 N–H and O–H groups in total. The summed E-state index contributed by atoms with van der Waals surface area (Å²) in [6.45, 7) is 0. The van der Waals surface area contributed by atoms with Crippen molar-refractivity contribution < 1.29 is 9.90 Å². The number of carboxylic acid groups (broad SMARTS) is 1. The highest BCUT2D eigenvalue weighted by Crippen LogP contribution is 2.12. The normalized spacial score (nSPS) is 12.9. The summed E-state index contributed by atoms with van der Waals surface area (Å²) in [7, 11) is 0. The fourth-order valence-corrected chi connectivity index (χ4v) is 0.773. The number of hydrogen-bond acceptors (Lipinski definition) is 2. The Bertz CT molecular complexity index is 222. The highest BCUT2D eigenvalue weighted by molar-refractivity contribution is 9.09. The Kier molecular flexibility index (Phi) is 2.06. The summed E-state index contributed by atoms with van der Waals surface area (Å²) in [5.41, 5.74) is 0. The average molecular weight is 205 g/mol. The van der Waals surface area contributed by atoms with Crippen molar-refractivity contribution in [2.45, 2.75) is 4.95 Å². The van der Waals surface area contributed by atoms with Gasteiger partial charge in [0.1, 0.15) is 0 Å². The lowest BCUT2D eigenvalue weighted by Gasteiger charge is -2.03. The molecule has 10 heavy (non-hydrogen) atoms. The molecule has 0 aliphatic rings. The molecular weight excluding hydrogens is 200 g/mol. The monoisotopic (exact) mass is 204 g/mol. The van der Waals surface area contributed by atoms with Gasteiger partial charge in [-0.3, -0.25) is 0 Å². The fourth-order valence-electron chi connectivity index (χ4n) is 0.531. The number of nitrogens with zero attached hydrogens (tertiary/aromatic N) is 2. The summed E-state index contributed by atoms with van der Waals surface area (Å²) >= 11 is 2.95. The van der Waals surface area contributed by atoms with Gasteiger partial charge in [-0.05, 0) is 0 Å². The summed E-state index contributed by atoms with van der Waals surface area (Å²) in [5, 5.41) is 8.46. The molecule has 0 spiro atoms. The zero-order valence-corrected chi connectivity index (χ0v) is 6.52. The van der Waals surface area contributed by atoms with E-state index in [1.54, 1.807) is 6.20 Å². The van der Waals surface area contributed by atoms with Crippen LogP contribution in [0.25, 0.3) is 0 Å². The molecule has 0 aliphatic carbocycles. The third-order valence-electron chi connectivity index (χ3n) is 0.990. The lowest BCUT2D eigenvalue weighted by atomic mass is 10.6. The summed E-state index contributed by atoms with van der Waals surface area (Å²) in [5.74, 6) is -0.932. The zero-order valence-electron chi connectivity index (χ0n) is 4.94. The second-order valence-electron chi connectivity index (χ2n) is 1.68. The van der Waals surface area contributed by atoms with Gasteiger partial charge in [0.15, 0.2) is 4.95 Å². The first-order chi connectivity index (χ1) is 4.72. The largest absolute Gasteiger partial charge is 0.479 e. The van der Waals surface area contributed by atoms with Gasteiger partial charge < -0.3 is 9.67 Å². The molecule has 1 aromatic rings. The molecule has 0 amide bonds. The topological polar surface area (TPSA) is 55.1 Å². The Morgan fingerprint density at radius 2 is 2.50 bits per heavy atom. The number of alkyl halides is 1. The van der Waals surface area contributed by atoms with Crippen molar-refractivity contribution in [3.63, 3.8) is 0 Å². The average Bonchev–Trinajstić information content (AvgIpc) is 2.36. The molecule has 0 saturated heterocycles. The molecule has 0 fully saturated rings. The first-order valence-corrected chi connectivity index (χ1v) is 3.47. The van der Waals surface area contributed by atoms with Gasteiger partial charge in [-0.2, -0.15) is 0 Å². The van der Waals surface area contributed by atoms with E-state index >= 15 is 0 Å². The molecule has 1 atom stereocenters. The minimum Gasteiger partial charge on any atom is -0.479 e. The number of carboxylic acids is 1. The van der Waals surface area contributed by atoms with Gasteiger partial charge in [0.25, 0.3) is 0 Å². The quantitative estimate of drug-likeness (QED) is 0.728. The first-order valence-electron chi connectivity index (χ1n) is 2.56. The predicted molar refractivity (Wildman–Crippen MR) is 37.8 cm³/mol. The van der Waals surface area contributed by atoms with Crippen LogP contribution in [-0.2, 0) is 4.79 Å². The zero-order chi connectivity index (χ0) is 7.56. The molecule has 0 saturated carbocycles. The van der Waals surface area contributed by atoms with E-state index in [1.807, 2.05) is 0 Å². The standard InChI is InChI=1S/C5H5BrN2O2/c6-4(5(9)10)8-2-1-7-3-8/h1-4H,(H,9,10). The third-order valence-corrected chi connectivity index (χ3v) is 1.85. The van der Waals surface area contributed by atoms with Gasteiger partial charge in [-0.15, -0.1) is 0 Å². The van der Waals surface area contributed by atoms with E-state index < -0.39 is 10.9 Å². The number of rotatable bonds is 2. The van der Waals surface area contributed by atoms with Gasteiger partial charge in [0, 0.05) is 12.4 Å². The highest BCUT2D eigenvalue weighted by Gasteiger charge is 2.12. The fraction of sp³-hybridized carbons (Fsp3) is 0.200. The van der Waals surface area contributed by atoms with E-state index in [0.29, 0.717) is 0 Å². The van der Waals surface area contributed by atoms with E-state index in [4.69, 9.17) is 5.11 Å². The molecule has 0 aromatic carbocycles. The Morgan fingerprint density at radius 1 is 1.80 bits per heavy atom. The van der Waals surface area contributed by atoms with E-state index in [0.717, 1.165) is 0 Å². The molecule has 4 nitrogen and oxygen atoms in total. The van der Waals surface area contributed by atoms with E-state index in [2.05, 4.69) is 20.9 Å². The number of imidazole rings is 1. The van der Waals surface area contributed by atoms with Crippen molar-refractivity contribution in [3.8, 4) is 0 Å². The highest BCUT2D eigenvalue weighted by atomic mass is 79.9. The maximum Gasteiger partial charge on any atom is 0.337 e. The Labute approximate surface area is 65.6 Å². The minimum absolute atomic E-state index is 0.713. The van der Waals surface area contributed by atoms with Crippen LogP contribution >= 0.6 is 15.9 Å². The van der Waals surface area contributed by atoms with Gasteiger partial charge in [0.2, 0.25) is 0 Å². The number of halogens is 1. The molecule has 1 aromatic heterocycles. The molecule has 0 aliphatic heterocycles. The SMILES string of the molecule is O=C(O)C(Br)n1ccnc1. The van der Waals surface area contributed by atoms with Crippen molar-refractivity contribution >= 4 is 21.9 Å². The summed E-state index contributed by atoms with van der Waals surface area (Å²) in [4.78, 5) is 13.3. The Hall–Kier alpha value is -0.840. The van der Waals surface area contributed by atoms with Crippen molar-refractivity contribution in [1.29, 1.82) is 0 Å². The molecule has 54 valence electrons. The van der Waals surface area contributed by atoms with Crippen LogP contribution in [0.15, 0.2) is 18.7 Å². The van der Waals surface area contributed by atoms with E-state index in [1.165, 1.54) is 17.1 Å². The smallest absolute Gasteiger partial charge is 0.337 e. The van der Waals surface area contributed by atoms with Gasteiger partial charge in [-0.25, -0.2) is 9.78 Å². The van der Waals surface area contributed by atoms with Gasteiger partial charge in [-0.1, -0.05) is 15.9 Å². The van der Waals surface area contributed by atoms with Crippen molar-refractivity contribution in [2.24, 2.45) is 0 Å². The number of hydrogen-bond donors (Lipinski definition) is 1. The maximum atomic E-state index is 10.3. The molecule has 0 radical (unpaired) electrons. The molecule has 0 bridgehead atoms. The number of carbonyl (C=O) groups is 1. The van der Waals surface area contributed by atoms with E-state index in [9.17, 15) is 4.79 Å². The van der Waals surface area contributed by atoms with Crippen molar-refractivity contribution in [3.05, 3.63) is 18.7 Å². The summed E-state index contributed by atoms with van der Waals surface area (Å²) in [6.07, 6.45) is 4.54. The van der Waals surface area contributed by atoms with Crippen molar-refractivity contribution in [2.75, 3.05) is 0 Å². The molecule has 1 unspecified atom stereocenters. The second kappa shape index (κ2) is 2.83. The van der Waals surface area contributed by atoms with Crippen LogP contribution in [0.4, 0.5) is 0 Å². The third kappa shape index (κ3) is 1.36. The van der Waals surface area contributed by atoms with Crippen LogP contribution < -0.4 is 0 Å². The lowest BCUT2D eigenvalue weighted by molar-refractivity contribution is -0.137. The van der Waals surface area contributed by atoms with Crippen LogP contribution in [0.1, 0.15) is 4.95 Å².